The first kappa shape index (κ1) is 19.7. The number of nitriles is 1. The zero-order chi connectivity index (χ0) is 19.2. The fraction of sp³-hybridized carbons (Fsp3) is 0.333. The summed E-state index contributed by atoms with van der Waals surface area (Å²) in [6, 6.07) is 15.1. The maximum atomic E-state index is 12.7. The highest BCUT2D eigenvalue weighted by atomic mass is 35.5. The number of anilines is 1. The van der Waals surface area contributed by atoms with E-state index in [0.717, 1.165) is 36.2 Å². The van der Waals surface area contributed by atoms with Crippen LogP contribution in [0.3, 0.4) is 0 Å². The Labute approximate surface area is 169 Å². The van der Waals surface area contributed by atoms with E-state index < -0.39 is 0 Å². The van der Waals surface area contributed by atoms with Crippen molar-refractivity contribution in [2.24, 2.45) is 5.92 Å². The van der Waals surface area contributed by atoms with Gasteiger partial charge in [-0.05, 0) is 54.8 Å². The van der Waals surface area contributed by atoms with Crippen LogP contribution in [0.15, 0.2) is 42.5 Å². The smallest absolute Gasteiger partial charge is 0.228 e. The molecule has 140 valence electrons. The first-order valence-corrected chi connectivity index (χ1v) is 9.74. The first-order chi connectivity index (χ1) is 13.0. The van der Waals surface area contributed by atoms with Crippen molar-refractivity contribution >= 4 is 34.8 Å². The van der Waals surface area contributed by atoms with E-state index in [1.165, 1.54) is 0 Å². The molecule has 2 aromatic carbocycles. The van der Waals surface area contributed by atoms with Crippen molar-refractivity contribution in [3.05, 3.63) is 63.6 Å². The molecule has 3 rings (SSSR count). The molecule has 0 saturated carbocycles. The van der Waals surface area contributed by atoms with Crippen LogP contribution in [-0.4, -0.2) is 23.9 Å². The standard InChI is InChI=1S/C21H21Cl2N3O/c22-18-6-5-16(20(23)12-18)13-26-11-1-2-17(14-26)21(27)25-19-7-3-15(4-8-19)9-10-24/h3-8,12,17H,1-2,9,11,13-14H2,(H,25,27)/t17-/m0/s1. The number of hydrogen-bond acceptors (Lipinski definition) is 3. The summed E-state index contributed by atoms with van der Waals surface area (Å²) < 4.78 is 0. The molecule has 0 spiro atoms. The van der Waals surface area contributed by atoms with Crippen LogP contribution in [-0.2, 0) is 17.8 Å². The van der Waals surface area contributed by atoms with Gasteiger partial charge in [0.1, 0.15) is 0 Å². The molecule has 1 aliphatic heterocycles. The third-order valence-electron chi connectivity index (χ3n) is 4.79. The molecule has 6 heteroatoms. The number of likely N-dealkylation sites (tertiary alicyclic amines) is 1. The molecule has 1 atom stereocenters. The number of carbonyl (C=O) groups excluding carboxylic acids is 1. The largest absolute Gasteiger partial charge is 0.326 e. The molecule has 0 unspecified atom stereocenters. The third-order valence-corrected chi connectivity index (χ3v) is 5.38. The Balaban J connectivity index is 1.58. The van der Waals surface area contributed by atoms with E-state index in [0.29, 0.717) is 29.6 Å². The van der Waals surface area contributed by atoms with Gasteiger partial charge >= 0.3 is 0 Å². The van der Waals surface area contributed by atoms with Crippen LogP contribution in [0.5, 0.6) is 0 Å². The number of carbonyl (C=O) groups is 1. The van der Waals surface area contributed by atoms with Gasteiger partial charge in [-0.1, -0.05) is 41.4 Å². The molecular weight excluding hydrogens is 381 g/mol. The van der Waals surface area contributed by atoms with Gasteiger partial charge in [-0.15, -0.1) is 0 Å². The van der Waals surface area contributed by atoms with Crippen molar-refractivity contribution in [1.82, 2.24) is 4.90 Å². The summed E-state index contributed by atoms with van der Waals surface area (Å²) in [6.07, 6.45) is 2.23. The molecule has 1 fully saturated rings. The average Bonchev–Trinajstić information content (AvgIpc) is 2.66. The minimum Gasteiger partial charge on any atom is -0.326 e. The lowest BCUT2D eigenvalue weighted by atomic mass is 9.96. The lowest BCUT2D eigenvalue weighted by molar-refractivity contribution is -0.121. The highest BCUT2D eigenvalue weighted by Crippen LogP contribution is 2.25. The van der Waals surface area contributed by atoms with Gasteiger partial charge < -0.3 is 5.32 Å². The lowest BCUT2D eigenvalue weighted by Crippen LogP contribution is -2.40. The molecule has 0 aromatic heterocycles. The molecule has 27 heavy (non-hydrogen) atoms. The van der Waals surface area contributed by atoms with E-state index >= 15 is 0 Å². The lowest BCUT2D eigenvalue weighted by Gasteiger charge is -2.32. The molecule has 0 aliphatic carbocycles. The minimum atomic E-state index is -0.0522. The molecule has 1 N–H and O–H groups in total. The summed E-state index contributed by atoms with van der Waals surface area (Å²) in [5.74, 6) is -0.0152. The van der Waals surface area contributed by atoms with E-state index in [1.807, 2.05) is 36.4 Å². The summed E-state index contributed by atoms with van der Waals surface area (Å²) in [7, 11) is 0. The number of hydrogen-bond donors (Lipinski definition) is 1. The quantitative estimate of drug-likeness (QED) is 0.773. The van der Waals surface area contributed by atoms with Crippen LogP contribution in [0.2, 0.25) is 10.0 Å². The van der Waals surface area contributed by atoms with Crippen molar-refractivity contribution in [3.63, 3.8) is 0 Å². The van der Waals surface area contributed by atoms with Gasteiger partial charge in [0.05, 0.1) is 18.4 Å². The predicted molar refractivity (Wildman–Crippen MR) is 109 cm³/mol. The molecule has 1 saturated heterocycles. The van der Waals surface area contributed by atoms with Crippen LogP contribution < -0.4 is 5.32 Å². The predicted octanol–water partition coefficient (Wildman–Crippen LogP) is 4.91. The Hall–Kier alpha value is -2.06. The summed E-state index contributed by atoms with van der Waals surface area (Å²) in [5, 5.41) is 13.0. The summed E-state index contributed by atoms with van der Waals surface area (Å²) in [4.78, 5) is 14.9. The van der Waals surface area contributed by atoms with Crippen molar-refractivity contribution in [1.29, 1.82) is 5.26 Å². The van der Waals surface area contributed by atoms with Gasteiger partial charge in [-0.3, -0.25) is 9.69 Å². The molecule has 4 nitrogen and oxygen atoms in total. The molecule has 1 heterocycles. The second-order valence-electron chi connectivity index (χ2n) is 6.83. The monoisotopic (exact) mass is 401 g/mol. The van der Waals surface area contributed by atoms with Crippen LogP contribution >= 0.6 is 23.2 Å². The second-order valence-corrected chi connectivity index (χ2v) is 7.67. The molecule has 0 bridgehead atoms. The Morgan fingerprint density at radius 1 is 1.22 bits per heavy atom. The maximum absolute atomic E-state index is 12.7. The molecule has 1 amide bonds. The summed E-state index contributed by atoms with van der Waals surface area (Å²) >= 11 is 12.2. The number of nitrogens with zero attached hydrogens (tertiary/aromatic N) is 2. The number of benzene rings is 2. The molecular formula is C21H21Cl2N3O. The first-order valence-electron chi connectivity index (χ1n) is 8.98. The van der Waals surface area contributed by atoms with E-state index in [-0.39, 0.29) is 11.8 Å². The number of amides is 1. The third kappa shape index (κ3) is 5.46. The second kappa shape index (κ2) is 9.23. The minimum absolute atomic E-state index is 0.0370. The van der Waals surface area contributed by atoms with Gasteiger partial charge in [0.2, 0.25) is 5.91 Å². The zero-order valence-electron chi connectivity index (χ0n) is 14.9. The number of nitrogens with one attached hydrogen (secondary N) is 1. The van der Waals surface area contributed by atoms with Gasteiger partial charge in [0, 0.05) is 28.8 Å². The Morgan fingerprint density at radius 3 is 2.70 bits per heavy atom. The SMILES string of the molecule is N#CCc1ccc(NC(=O)[C@H]2CCCN(Cc3ccc(Cl)cc3Cl)C2)cc1. The maximum Gasteiger partial charge on any atom is 0.228 e. The van der Waals surface area contributed by atoms with Gasteiger partial charge in [-0.25, -0.2) is 0 Å². The normalized spacial score (nSPS) is 17.3. The van der Waals surface area contributed by atoms with E-state index in [9.17, 15) is 4.79 Å². The number of halogens is 2. The van der Waals surface area contributed by atoms with Gasteiger partial charge in [0.15, 0.2) is 0 Å². The average molecular weight is 402 g/mol. The van der Waals surface area contributed by atoms with Crippen LogP contribution in [0.1, 0.15) is 24.0 Å². The van der Waals surface area contributed by atoms with Crippen LogP contribution in [0.25, 0.3) is 0 Å². The van der Waals surface area contributed by atoms with Crippen LogP contribution in [0.4, 0.5) is 5.69 Å². The number of rotatable bonds is 5. The van der Waals surface area contributed by atoms with E-state index in [4.69, 9.17) is 28.5 Å². The van der Waals surface area contributed by atoms with Crippen molar-refractivity contribution < 1.29 is 4.79 Å². The fourth-order valence-corrected chi connectivity index (χ4v) is 3.81. The molecule has 1 aliphatic rings. The topological polar surface area (TPSA) is 56.1 Å². The highest BCUT2D eigenvalue weighted by Gasteiger charge is 2.26. The Kier molecular flexibility index (Phi) is 6.73. The highest BCUT2D eigenvalue weighted by molar-refractivity contribution is 6.35. The molecule has 2 aromatic rings. The van der Waals surface area contributed by atoms with Gasteiger partial charge in [0.25, 0.3) is 0 Å². The Bertz CT molecular complexity index is 845. The summed E-state index contributed by atoms with van der Waals surface area (Å²) in [6.45, 7) is 2.37. The van der Waals surface area contributed by atoms with Gasteiger partial charge in [-0.2, -0.15) is 5.26 Å². The fourth-order valence-electron chi connectivity index (χ4n) is 3.35. The van der Waals surface area contributed by atoms with Crippen LogP contribution in [0, 0.1) is 17.2 Å². The summed E-state index contributed by atoms with van der Waals surface area (Å²) in [5.41, 5.74) is 2.73. The molecule has 0 radical (unpaired) electrons. The number of piperidine rings is 1. The Morgan fingerprint density at radius 2 is 2.00 bits per heavy atom. The van der Waals surface area contributed by atoms with E-state index in [1.54, 1.807) is 6.07 Å². The zero-order valence-corrected chi connectivity index (χ0v) is 16.4. The van der Waals surface area contributed by atoms with Crippen molar-refractivity contribution in [3.8, 4) is 6.07 Å². The van der Waals surface area contributed by atoms with E-state index in [2.05, 4.69) is 16.3 Å². The van der Waals surface area contributed by atoms with Crippen molar-refractivity contribution in [2.45, 2.75) is 25.8 Å². The van der Waals surface area contributed by atoms with Crippen molar-refractivity contribution in [2.75, 3.05) is 18.4 Å².